The Balaban J connectivity index is 2.47. The molecule has 0 amide bonds. The summed E-state index contributed by atoms with van der Waals surface area (Å²) in [4.78, 5) is 10.5. The number of nitriles is 1. The van der Waals surface area contributed by atoms with Crippen LogP contribution in [0.4, 0.5) is 17.3 Å². The lowest BCUT2D eigenvalue weighted by molar-refractivity contribution is 0.891. The smallest absolute Gasteiger partial charge is 0.148 e. The Morgan fingerprint density at radius 3 is 2.86 bits per heavy atom. The summed E-state index contributed by atoms with van der Waals surface area (Å²) in [5.74, 6) is 6.95. The minimum Gasteiger partial charge on any atom is -0.329 e. The van der Waals surface area contributed by atoms with E-state index in [0.29, 0.717) is 11.4 Å². The molecule has 0 spiro atoms. The van der Waals surface area contributed by atoms with E-state index in [1.807, 2.05) is 30.1 Å². The first-order chi connectivity index (χ1) is 10.2. The molecule has 0 unspecified atom stereocenters. The second-order valence-electron chi connectivity index (χ2n) is 4.64. The maximum Gasteiger partial charge on any atom is 0.148 e. The van der Waals surface area contributed by atoms with Gasteiger partial charge in [-0.2, -0.15) is 5.26 Å². The third kappa shape index (κ3) is 3.09. The molecule has 0 atom stereocenters. The lowest BCUT2D eigenvalue weighted by atomic mass is 10.1. The summed E-state index contributed by atoms with van der Waals surface area (Å²) in [6.45, 7) is 2.09. The molecule has 108 valence electrons. The number of rotatable bonds is 5. The summed E-state index contributed by atoms with van der Waals surface area (Å²) >= 11 is 0. The fraction of sp³-hybridized carbons (Fsp3) is 0.267. The second-order valence-corrected chi connectivity index (χ2v) is 4.64. The molecule has 0 bridgehead atoms. The van der Waals surface area contributed by atoms with Crippen molar-refractivity contribution in [1.82, 2.24) is 9.97 Å². The highest BCUT2D eigenvalue weighted by atomic mass is 15.3. The van der Waals surface area contributed by atoms with Gasteiger partial charge in [-0.05, 0) is 24.6 Å². The van der Waals surface area contributed by atoms with Gasteiger partial charge in [0.1, 0.15) is 18.0 Å². The van der Waals surface area contributed by atoms with Gasteiger partial charge in [0.15, 0.2) is 0 Å². The standard InChI is InChI=1S/C15H18N6/c1-3-5-13-14(20-17)18-10-19-15(13)21(2)12-7-4-6-11(8-12)9-16/h4,6-8,10H,3,5,17H2,1-2H3,(H,18,19,20). The summed E-state index contributed by atoms with van der Waals surface area (Å²) in [5, 5.41) is 9.01. The summed E-state index contributed by atoms with van der Waals surface area (Å²) in [7, 11) is 1.91. The van der Waals surface area contributed by atoms with E-state index in [-0.39, 0.29) is 0 Å². The van der Waals surface area contributed by atoms with Gasteiger partial charge in [-0.25, -0.2) is 15.8 Å². The Labute approximate surface area is 124 Å². The van der Waals surface area contributed by atoms with Crippen molar-refractivity contribution < 1.29 is 0 Å². The summed E-state index contributed by atoms with van der Waals surface area (Å²) < 4.78 is 0. The number of nitrogen functional groups attached to an aromatic ring is 1. The average molecular weight is 282 g/mol. The Bertz CT molecular complexity index is 661. The van der Waals surface area contributed by atoms with Crippen LogP contribution < -0.4 is 16.2 Å². The highest BCUT2D eigenvalue weighted by molar-refractivity contribution is 5.67. The predicted molar refractivity (Wildman–Crippen MR) is 83.1 cm³/mol. The number of hydrazine groups is 1. The molecule has 6 heteroatoms. The van der Waals surface area contributed by atoms with Crippen molar-refractivity contribution in [2.24, 2.45) is 5.84 Å². The summed E-state index contributed by atoms with van der Waals surface area (Å²) in [6, 6.07) is 9.54. The first-order valence-corrected chi connectivity index (χ1v) is 6.75. The molecule has 21 heavy (non-hydrogen) atoms. The highest BCUT2D eigenvalue weighted by Gasteiger charge is 2.15. The van der Waals surface area contributed by atoms with Crippen LogP contribution in [0.1, 0.15) is 24.5 Å². The van der Waals surface area contributed by atoms with Crippen molar-refractivity contribution >= 4 is 17.3 Å². The molecule has 2 rings (SSSR count). The van der Waals surface area contributed by atoms with E-state index in [0.717, 1.165) is 29.9 Å². The minimum atomic E-state index is 0.614. The number of benzene rings is 1. The number of anilines is 3. The van der Waals surface area contributed by atoms with Crippen LogP contribution >= 0.6 is 0 Å². The molecule has 1 heterocycles. The van der Waals surface area contributed by atoms with E-state index in [9.17, 15) is 0 Å². The Morgan fingerprint density at radius 2 is 2.19 bits per heavy atom. The average Bonchev–Trinajstić information content (AvgIpc) is 2.54. The minimum absolute atomic E-state index is 0.614. The fourth-order valence-corrected chi connectivity index (χ4v) is 2.20. The quantitative estimate of drug-likeness (QED) is 0.646. The maximum atomic E-state index is 9.01. The number of nitrogens with zero attached hydrogens (tertiary/aromatic N) is 4. The predicted octanol–water partition coefficient (Wildman–Crippen LogP) is 2.35. The molecule has 0 fully saturated rings. The van der Waals surface area contributed by atoms with Gasteiger partial charge in [0.05, 0.1) is 11.6 Å². The molecule has 0 radical (unpaired) electrons. The molecule has 1 aromatic carbocycles. The van der Waals surface area contributed by atoms with Crippen LogP contribution in [0.2, 0.25) is 0 Å². The molecular weight excluding hydrogens is 264 g/mol. The van der Waals surface area contributed by atoms with E-state index >= 15 is 0 Å². The molecule has 0 aliphatic rings. The molecule has 0 aliphatic heterocycles. The van der Waals surface area contributed by atoms with Gasteiger partial charge in [0, 0.05) is 18.3 Å². The van der Waals surface area contributed by atoms with Gasteiger partial charge in [0.25, 0.3) is 0 Å². The van der Waals surface area contributed by atoms with E-state index in [2.05, 4.69) is 28.4 Å². The summed E-state index contributed by atoms with van der Waals surface area (Å²) in [5.41, 5.74) is 5.09. The monoisotopic (exact) mass is 282 g/mol. The first-order valence-electron chi connectivity index (χ1n) is 6.75. The van der Waals surface area contributed by atoms with E-state index in [1.54, 1.807) is 6.07 Å². The second kappa shape index (κ2) is 6.68. The third-order valence-electron chi connectivity index (χ3n) is 3.24. The fourth-order valence-electron chi connectivity index (χ4n) is 2.20. The van der Waals surface area contributed by atoms with Gasteiger partial charge in [-0.1, -0.05) is 19.4 Å². The Kier molecular flexibility index (Phi) is 4.69. The summed E-state index contributed by atoms with van der Waals surface area (Å²) in [6.07, 6.45) is 3.26. The van der Waals surface area contributed by atoms with Gasteiger partial charge in [-0.15, -0.1) is 0 Å². The number of nitrogens with two attached hydrogens (primary N) is 1. The van der Waals surface area contributed by atoms with Crippen LogP contribution in [0.15, 0.2) is 30.6 Å². The molecule has 6 nitrogen and oxygen atoms in total. The maximum absolute atomic E-state index is 9.01. The Hall–Kier alpha value is -2.65. The van der Waals surface area contributed by atoms with Crippen molar-refractivity contribution in [3.05, 3.63) is 41.7 Å². The number of hydrogen-bond donors (Lipinski definition) is 2. The molecule has 1 aromatic heterocycles. The number of aromatic nitrogens is 2. The number of nitrogens with one attached hydrogen (secondary N) is 1. The lowest BCUT2D eigenvalue weighted by Crippen LogP contribution is -2.18. The Morgan fingerprint density at radius 1 is 1.38 bits per heavy atom. The molecule has 0 saturated heterocycles. The van der Waals surface area contributed by atoms with E-state index in [4.69, 9.17) is 11.1 Å². The van der Waals surface area contributed by atoms with E-state index in [1.165, 1.54) is 6.33 Å². The lowest BCUT2D eigenvalue weighted by Gasteiger charge is -2.22. The molecule has 0 aliphatic carbocycles. The van der Waals surface area contributed by atoms with Gasteiger partial charge < -0.3 is 10.3 Å². The normalized spacial score (nSPS) is 10.0. The largest absolute Gasteiger partial charge is 0.329 e. The third-order valence-corrected chi connectivity index (χ3v) is 3.24. The SMILES string of the molecule is CCCc1c(NN)ncnc1N(C)c1cccc(C#N)c1. The zero-order valence-corrected chi connectivity index (χ0v) is 12.2. The van der Waals surface area contributed by atoms with Crippen LogP contribution in [0, 0.1) is 11.3 Å². The van der Waals surface area contributed by atoms with Gasteiger partial charge in [-0.3, -0.25) is 0 Å². The van der Waals surface area contributed by atoms with Crippen LogP contribution in [0.25, 0.3) is 0 Å². The topological polar surface area (TPSA) is 90.9 Å². The zero-order valence-electron chi connectivity index (χ0n) is 12.2. The van der Waals surface area contributed by atoms with Gasteiger partial charge >= 0.3 is 0 Å². The van der Waals surface area contributed by atoms with Crippen molar-refractivity contribution in [2.45, 2.75) is 19.8 Å². The first kappa shape index (κ1) is 14.8. The highest BCUT2D eigenvalue weighted by Crippen LogP contribution is 2.29. The van der Waals surface area contributed by atoms with Gasteiger partial charge in [0.2, 0.25) is 0 Å². The number of hydrogen-bond acceptors (Lipinski definition) is 6. The molecule has 2 aromatic rings. The van der Waals surface area contributed by atoms with E-state index < -0.39 is 0 Å². The molecule has 0 saturated carbocycles. The van der Waals surface area contributed by atoms with Crippen molar-refractivity contribution in [2.75, 3.05) is 17.4 Å². The van der Waals surface area contributed by atoms with Crippen LogP contribution in [0.5, 0.6) is 0 Å². The molecule has 3 N–H and O–H groups in total. The van der Waals surface area contributed by atoms with Crippen LogP contribution in [0.3, 0.4) is 0 Å². The molecular formula is C15H18N6. The van der Waals surface area contributed by atoms with Crippen molar-refractivity contribution in [3.63, 3.8) is 0 Å². The van der Waals surface area contributed by atoms with Crippen molar-refractivity contribution in [1.29, 1.82) is 5.26 Å². The van der Waals surface area contributed by atoms with Crippen molar-refractivity contribution in [3.8, 4) is 6.07 Å². The van der Waals surface area contributed by atoms with Crippen LogP contribution in [-0.4, -0.2) is 17.0 Å². The zero-order chi connectivity index (χ0) is 15.2. The van der Waals surface area contributed by atoms with Crippen LogP contribution in [-0.2, 0) is 6.42 Å².